The maximum absolute atomic E-state index is 12.4. The monoisotopic (exact) mass is 546 g/mol. The summed E-state index contributed by atoms with van der Waals surface area (Å²) in [5, 5.41) is 12.9. The standard InChI is InChI=1S/C28H21F3N6O3/c29-28(30,31)39-23-12-10-21(11-13-23)34-24-16-19(14-15-32-24)26-36-27(40-37-26)18-6-8-22(9-7-18)35-25(38)17-33-20-4-2-1-3-5-20/h1-16,33H,17H2,(H,32,34)(H,35,38). The third-order valence-corrected chi connectivity index (χ3v) is 5.45. The van der Waals surface area contributed by atoms with Gasteiger partial charge in [0.05, 0.1) is 6.54 Å². The molecule has 2 heterocycles. The molecular weight excluding hydrogens is 525 g/mol. The zero-order chi connectivity index (χ0) is 28.0. The summed E-state index contributed by atoms with van der Waals surface area (Å²) < 4.78 is 46.4. The second-order valence-electron chi connectivity index (χ2n) is 8.40. The summed E-state index contributed by atoms with van der Waals surface area (Å²) in [6, 6.07) is 25.0. The number of nitrogens with zero attached hydrogens (tertiary/aromatic N) is 3. The fraction of sp³-hybridized carbons (Fsp3) is 0.0714. The molecule has 1 amide bonds. The Labute approximate surface area is 226 Å². The van der Waals surface area contributed by atoms with Gasteiger partial charge >= 0.3 is 6.36 Å². The number of hydrogen-bond donors (Lipinski definition) is 3. The van der Waals surface area contributed by atoms with E-state index in [0.717, 1.165) is 5.69 Å². The lowest BCUT2D eigenvalue weighted by atomic mass is 10.2. The van der Waals surface area contributed by atoms with Gasteiger partial charge in [0, 0.05) is 34.4 Å². The van der Waals surface area contributed by atoms with Crippen molar-refractivity contribution in [3.8, 4) is 28.6 Å². The zero-order valence-electron chi connectivity index (χ0n) is 20.6. The molecule has 9 nitrogen and oxygen atoms in total. The van der Waals surface area contributed by atoms with Crippen molar-refractivity contribution in [3.05, 3.63) is 97.2 Å². The Morgan fingerprint density at radius 1 is 0.850 bits per heavy atom. The SMILES string of the molecule is O=C(CNc1ccccc1)Nc1ccc(-c2nc(-c3ccnc(Nc4ccc(OC(F)(F)F)cc4)c3)no2)cc1. The number of rotatable bonds is 9. The van der Waals surface area contributed by atoms with E-state index in [1.165, 1.54) is 24.3 Å². The number of pyridine rings is 1. The average molecular weight is 547 g/mol. The van der Waals surface area contributed by atoms with Gasteiger partial charge in [0.2, 0.25) is 11.7 Å². The van der Waals surface area contributed by atoms with Crippen LogP contribution in [0.2, 0.25) is 0 Å². The van der Waals surface area contributed by atoms with Crippen molar-refractivity contribution in [1.29, 1.82) is 0 Å². The number of carbonyl (C=O) groups is 1. The molecule has 202 valence electrons. The summed E-state index contributed by atoms with van der Waals surface area (Å²) in [6.07, 6.45) is -3.22. The van der Waals surface area contributed by atoms with Crippen LogP contribution < -0.4 is 20.7 Å². The molecule has 0 saturated heterocycles. The molecule has 0 spiro atoms. The van der Waals surface area contributed by atoms with Crippen LogP contribution in [0.3, 0.4) is 0 Å². The largest absolute Gasteiger partial charge is 0.573 e. The Hall–Kier alpha value is -5.39. The van der Waals surface area contributed by atoms with Crippen molar-refractivity contribution in [1.82, 2.24) is 15.1 Å². The highest BCUT2D eigenvalue weighted by Crippen LogP contribution is 2.27. The van der Waals surface area contributed by atoms with Crippen LogP contribution in [0.1, 0.15) is 0 Å². The molecule has 2 aromatic heterocycles. The number of aromatic nitrogens is 3. The zero-order valence-corrected chi connectivity index (χ0v) is 20.6. The highest BCUT2D eigenvalue weighted by molar-refractivity contribution is 5.93. The van der Waals surface area contributed by atoms with E-state index in [2.05, 4.69) is 35.8 Å². The molecule has 0 aliphatic rings. The highest BCUT2D eigenvalue weighted by atomic mass is 19.4. The molecule has 12 heteroatoms. The van der Waals surface area contributed by atoms with Crippen molar-refractivity contribution in [2.75, 3.05) is 22.5 Å². The average Bonchev–Trinajstić information content (AvgIpc) is 3.44. The molecule has 3 N–H and O–H groups in total. The molecule has 0 bridgehead atoms. The van der Waals surface area contributed by atoms with Crippen LogP contribution in [-0.2, 0) is 4.79 Å². The Kier molecular flexibility index (Phi) is 7.58. The van der Waals surface area contributed by atoms with Gasteiger partial charge in [0.1, 0.15) is 11.6 Å². The quantitative estimate of drug-likeness (QED) is 0.192. The molecule has 0 aliphatic heterocycles. The maximum atomic E-state index is 12.4. The minimum atomic E-state index is -4.76. The van der Waals surface area contributed by atoms with E-state index in [9.17, 15) is 18.0 Å². The molecule has 3 aromatic carbocycles. The lowest BCUT2D eigenvalue weighted by molar-refractivity contribution is -0.274. The molecule has 0 aliphatic carbocycles. The van der Waals surface area contributed by atoms with E-state index < -0.39 is 6.36 Å². The fourth-order valence-electron chi connectivity index (χ4n) is 3.62. The van der Waals surface area contributed by atoms with E-state index in [-0.39, 0.29) is 24.1 Å². The Morgan fingerprint density at radius 3 is 2.30 bits per heavy atom. The van der Waals surface area contributed by atoms with Crippen LogP contribution in [0.5, 0.6) is 5.75 Å². The molecule has 0 atom stereocenters. The molecule has 0 unspecified atom stereocenters. The first-order valence-electron chi connectivity index (χ1n) is 11.9. The topological polar surface area (TPSA) is 114 Å². The number of anilines is 4. The summed E-state index contributed by atoms with van der Waals surface area (Å²) in [6.45, 7) is 0.124. The first-order chi connectivity index (χ1) is 19.3. The van der Waals surface area contributed by atoms with Crippen molar-refractivity contribution < 1.29 is 27.2 Å². The third kappa shape index (κ3) is 7.13. The smallest absolute Gasteiger partial charge is 0.406 e. The first-order valence-corrected chi connectivity index (χ1v) is 11.9. The van der Waals surface area contributed by atoms with Gasteiger partial charge in [-0.1, -0.05) is 23.4 Å². The predicted molar refractivity (Wildman–Crippen MR) is 143 cm³/mol. The van der Waals surface area contributed by atoms with Crippen LogP contribution in [0.25, 0.3) is 22.8 Å². The number of para-hydroxylation sites is 1. The lowest BCUT2D eigenvalue weighted by Gasteiger charge is -2.10. The fourth-order valence-corrected chi connectivity index (χ4v) is 3.62. The van der Waals surface area contributed by atoms with Crippen molar-refractivity contribution in [2.24, 2.45) is 0 Å². The summed E-state index contributed by atoms with van der Waals surface area (Å²) in [7, 11) is 0. The molecule has 0 saturated carbocycles. The van der Waals surface area contributed by atoms with Crippen LogP contribution >= 0.6 is 0 Å². The van der Waals surface area contributed by atoms with Gasteiger partial charge in [0.15, 0.2) is 0 Å². The van der Waals surface area contributed by atoms with Gasteiger partial charge in [-0.15, -0.1) is 13.2 Å². The van der Waals surface area contributed by atoms with E-state index in [1.807, 2.05) is 30.3 Å². The number of amides is 1. The number of alkyl halides is 3. The summed E-state index contributed by atoms with van der Waals surface area (Å²) in [5.74, 6) is 0.512. The van der Waals surface area contributed by atoms with Gasteiger partial charge in [-0.05, 0) is 72.8 Å². The minimum Gasteiger partial charge on any atom is -0.406 e. The molecule has 0 fully saturated rings. The Bertz CT molecular complexity index is 1570. The van der Waals surface area contributed by atoms with Gasteiger partial charge < -0.3 is 25.2 Å². The summed E-state index contributed by atoms with van der Waals surface area (Å²) in [4.78, 5) is 20.9. The molecule has 40 heavy (non-hydrogen) atoms. The van der Waals surface area contributed by atoms with Gasteiger partial charge in [-0.25, -0.2) is 4.98 Å². The number of carbonyl (C=O) groups excluding carboxylic acids is 1. The van der Waals surface area contributed by atoms with E-state index in [0.29, 0.717) is 34.1 Å². The second kappa shape index (κ2) is 11.6. The summed E-state index contributed by atoms with van der Waals surface area (Å²) in [5.41, 5.74) is 3.25. The lowest BCUT2D eigenvalue weighted by Crippen LogP contribution is -2.21. The van der Waals surface area contributed by atoms with Gasteiger partial charge in [-0.2, -0.15) is 4.98 Å². The molecule has 5 aromatic rings. The van der Waals surface area contributed by atoms with E-state index >= 15 is 0 Å². The summed E-state index contributed by atoms with van der Waals surface area (Å²) >= 11 is 0. The molecule has 5 rings (SSSR count). The van der Waals surface area contributed by atoms with Crippen LogP contribution in [0, 0.1) is 0 Å². The Balaban J connectivity index is 1.19. The third-order valence-electron chi connectivity index (χ3n) is 5.45. The molecular formula is C28H21F3N6O3. The number of halogens is 3. The normalized spacial score (nSPS) is 11.1. The first kappa shape index (κ1) is 26.2. The van der Waals surface area contributed by atoms with Gasteiger partial charge in [-0.3, -0.25) is 4.79 Å². The highest BCUT2D eigenvalue weighted by Gasteiger charge is 2.31. The van der Waals surface area contributed by atoms with Crippen molar-refractivity contribution >= 4 is 28.8 Å². The number of nitrogens with one attached hydrogen (secondary N) is 3. The Morgan fingerprint density at radius 2 is 1.57 bits per heavy atom. The van der Waals surface area contributed by atoms with Crippen molar-refractivity contribution in [2.45, 2.75) is 6.36 Å². The van der Waals surface area contributed by atoms with E-state index in [4.69, 9.17) is 4.52 Å². The van der Waals surface area contributed by atoms with E-state index in [1.54, 1.807) is 42.6 Å². The number of ether oxygens (including phenoxy) is 1. The van der Waals surface area contributed by atoms with Crippen molar-refractivity contribution in [3.63, 3.8) is 0 Å². The van der Waals surface area contributed by atoms with Crippen LogP contribution in [0.4, 0.5) is 36.1 Å². The minimum absolute atomic E-state index is 0.124. The number of hydrogen-bond acceptors (Lipinski definition) is 8. The van der Waals surface area contributed by atoms with Crippen LogP contribution in [-0.4, -0.2) is 33.9 Å². The second-order valence-corrected chi connectivity index (χ2v) is 8.40. The maximum Gasteiger partial charge on any atom is 0.573 e. The van der Waals surface area contributed by atoms with Gasteiger partial charge in [0.25, 0.3) is 5.89 Å². The predicted octanol–water partition coefficient (Wildman–Crippen LogP) is 6.49. The molecule has 0 radical (unpaired) electrons. The van der Waals surface area contributed by atoms with Crippen LogP contribution in [0.15, 0.2) is 102 Å². The number of benzene rings is 3.